The number of hydrogen-bond acceptors (Lipinski definition) is 5. The van der Waals surface area contributed by atoms with Crippen molar-refractivity contribution in [2.45, 2.75) is 49.4 Å². The zero-order valence-corrected chi connectivity index (χ0v) is 16.9. The van der Waals surface area contributed by atoms with E-state index in [1.807, 2.05) is 51.1 Å². The van der Waals surface area contributed by atoms with E-state index in [2.05, 4.69) is 10.0 Å². The summed E-state index contributed by atoms with van der Waals surface area (Å²) in [7, 11) is 0. The molecule has 0 spiro atoms. The summed E-state index contributed by atoms with van der Waals surface area (Å²) in [6.07, 6.45) is -0.784. The van der Waals surface area contributed by atoms with Gasteiger partial charge in [0.1, 0.15) is 11.5 Å². The molecule has 7 heteroatoms. The van der Waals surface area contributed by atoms with Crippen LogP contribution in [0.15, 0.2) is 64.6 Å². The molecule has 0 N–H and O–H groups in total. The minimum absolute atomic E-state index is 0.115. The van der Waals surface area contributed by atoms with Crippen LogP contribution in [-0.4, -0.2) is 29.7 Å². The molecular weight excluding hydrogens is 374 g/mol. The molecule has 5 atom stereocenters. The van der Waals surface area contributed by atoms with E-state index in [4.69, 9.17) is 15.0 Å². The first-order chi connectivity index (χ1) is 13.5. The molecule has 1 heterocycles. The molecule has 2 aromatic carbocycles. The maximum atomic E-state index is 12.6. The number of thioether (sulfide) groups is 1. The Morgan fingerprint density at radius 3 is 2.54 bits per heavy atom. The number of ether oxygens (including phenoxy) is 2. The van der Waals surface area contributed by atoms with Crippen LogP contribution >= 0.6 is 11.8 Å². The largest absolute Gasteiger partial charge is 0.455 e. The van der Waals surface area contributed by atoms with E-state index in [-0.39, 0.29) is 29.5 Å². The Morgan fingerprint density at radius 2 is 1.89 bits per heavy atom. The van der Waals surface area contributed by atoms with Crippen LogP contribution in [0.4, 0.5) is 0 Å². The molecule has 2 aromatic rings. The number of rotatable bonds is 6. The van der Waals surface area contributed by atoms with Gasteiger partial charge >= 0.3 is 5.97 Å². The lowest BCUT2D eigenvalue weighted by Crippen LogP contribution is -2.32. The highest BCUT2D eigenvalue weighted by Gasteiger charge is 2.46. The lowest BCUT2D eigenvalue weighted by molar-refractivity contribution is 0.0144. The van der Waals surface area contributed by atoms with Crippen molar-refractivity contribution >= 4 is 17.7 Å². The van der Waals surface area contributed by atoms with Crippen molar-refractivity contribution < 1.29 is 14.3 Å². The first-order valence-corrected chi connectivity index (χ1v) is 10.1. The Bertz CT molecular complexity index is 853. The van der Waals surface area contributed by atoms with Crippen LogP contribution in [0.1, 0.15) is 29.8 Å². The van der Waals surface area contributed by atoms with Gasteiger partial charge in [0.05, 0.1) is 17.7 Å². The Hall–Kier alpha value is -2.47. The summed E-state index contributed by atoms with van der Waals surface area (Å²) in [6, 6.07) is 16.7. The van der Waals surface area contributed by atoms with Gasteiger partial charge in [-0.2, -0.15) is 0 Å². The smallest absolute Gasteiger partial charge is 0.338 e. The molecule has 0 aliphatic carbocycles. The average Bonchev–Trinajstić information content (AvgIpc) is 3.00. The molecule has 28 heavy (non-hydrogen) atoms. The van der Waals surface area contributed by atoms with Crippen molar-refractivity contribution in [3.05, 3.63) is 76.2 Å². The van der Waals surface area contributed by atoms with Gasteiger partial charge in [-0.3, -0.25) is 0 Å². The Balaban J connectivity index is 1.81. The molecule has 1 aliphatic heterocycles. The van der Waals surface area contributed by atoms with Gasteiger partial charge in [-0.05, 0) is 36.7 Å². The summed E-state index contributed by atoms with van der Waals surface area (Å²) in [5, 5.41) is 3.79. The first kappa shape index (κ1) is 20.3. The van der Waals surface area contributed by atoms with Gasteiger partial charge in [-0.1, -0.05) is 66.6 Å². The van der Waals surface area contributed by atoms with Gasteiger partial charge < -0.3 is 9.47 Å². The van der Waals surface area contributed by atoms with Crippen LogP contribution in [0.3, 0.4) is 0 Å². The molecule has 0 saturated carbocycles. The quantitative estimate of drug-likeness (QED) is 0.284. The highest BCUT2D eigenvalue weighted by atomic mass is 32.2. The first-order valence-electron chi connectivity index (χ1n) is 9.18. The maximum absolute atomic E-state index is 12.6. The highest BCUT2D eigenvalue weighted by molar-refractivity contribution is 7.99. The number of esters is 1. The third-order valence-corrected chi connectivity index (χ3v) is 5.99. The molecule has 0 bridgehead atoms. The predicted molar refractivity (Wildman–Crippen MR) is 109 cm³/mol. The van der Waals surface area contributed by atoms with E-state index >= 15 is 0 Å². The Kier molecular flexibility index (Phi) is 6.62. The molecule has 146 valence electrons. The van der Waals surface area contributed by atoms with Crippen molar-refractivity contribution in [3.8, 4) is 0 Å². The maximum Gasteiger partial charge on any atom is 0.338 e. The fourth-order valence-corrected chi connectivity index (χ4v) is 4.45. The van der Waals surface area contributed by atoms with Crippen molar-refractivity contribution in [1.82, 2.24) is 0 Å². The average molecular weight is 398 g/mol. The number of carbonyl (C=O) groups excluding carboxylic acids is 1. The summed E-state index contributed by atoms with van der Waals surface area (Å²) >= 11 is 1.51. The lowest BCUT2D eigenvalue weighted by Gasteiger charge is -2.22. The molecule has 0 aromatic heterocycles. The van der Waals surface area contributed by atoms with E-state index in [0.717, 1.165) is 4.90 Å². The van der Waals surface area contributed by atoms with E-state index in [9.17, 15) is 4.79 Å². The van der Waals surface area contributed by atoms with E-state index < -0.39 is 6.10 Å². The summed E-state index contributed by atoms with van der Waals surface area (Å²) in [6.45, 7) is 5.81. The second kappa shape index (κ2) is 9.15. The van der Waals surface area contributed by atoms with Gasteiger partial charge in [0, 0.05) is 15.7 Å². The van der Waals surface area contributed by atoms with Crippen LogP contribution in [-0.2, 0) is 9.47 Å². The molecule has 1 unspecified atom stereocenters. The van der Waals surface area contributed by atoms with Crippen molar-refractivity contribution in [2.24, 2.45) is 11.0 Å². The molecule has 1 fully saturated rings. The van der Waals surface area contributed by atoms with E-state index in [1.165, 1.54) is 17.3 Å². The summed E-state index contributed by atoms with van der Waals surface area (Å²) in [5.41, 5.74) is 10.1. The molecule has 0 amide bonds. The normalized spacial score (nSPS) is 25.0. The molecule has 1 aliphatic rings. The summed E-state index contributed by atoms with van der Waals surface area (Å²) < 4.78 is 12.0. The molecule has 0 radical (unpaired) electrons. The molecule has 6 nitrogen and oxygen atoms in total. The zero-order valence-electron chi connectivity index (χ0n) is 16.1. The van der Waals surface area contributed by atoms with Crippen LogP contribution in [0, 0.1) is 12.8 Å². The van der Waals surface area contributed by atoms with Gasteiger partial charge in [0.15, 0.2) is 0 Å². The van der Waals surface area contributed by atoms with Gasteiger partial charge in [-0.25, -0.2) is 4.79 Å². The zero-order chi connectivity index (χ0) is 20.1. The van der Waals surface area contributed by atoms with Gasteiger partial charge in [0.25, 0.3) is 0 Å². The Labute approximate surface area is 168 Å². The molecular formula is C21H23N3O3S. The van der Waals surface area contributed by atoms with Crippen LogP contribution in [0.5, 0.6) is 0 Å². The van der Waals surface area contributed by atoms with Gasteiger partial charge in [0.2, 0.25) is 0 Å². The van der Waals surface area contributed by atoms with Crippen LogP contribution < -0.4 is 0 Å². The number of hydrogen-bond donors (Lipinski definition) is 0. The number of benzene rings is 2. The number of nitrogens with zero attached hydrogens (tertiary/aromatic N) is 3. The monoisotopic (exact) mass is 397 g/mol. The van der Waals surface area contributed by atoms with Crippen LogP contribution in [0.2, 0.25) is 0 Å². The minimum Gasteiger partial charge on any atom is -0.455 e. The van der Waals surface area contributed by atoms with E-state index in [0.29, 0.717) is 5.56 Å². The van der Waals surface area contributed by atoms with Gasteiger partial charge in [-0.15, -0.1) is 0 Å². The SMILES string of the molecule is Cc1ccc(S[C@@H]2O[C@H]([C@H](C)N=[N+]=[N-])[C@H](C)C2OC(=O)c2ccccc2)cc1. The molecule has 3 rings (SSSR count). The van der Waals surface area contributed by atoms with Crippen LogP contribution in [0.25, 0.3) is 10.4 Å². The third-order valence-electron chi connectivity index (χ3n) is 4.83. The lowest BCUT2D eigenvalue weighted by atomic mass is 9.97. The van der Waals surface area contributed by atoms with Crippen molar-refractivity contribution in [2.75, 3.05) is 0 Å². The summed E-state index contributed by atoms with van der Waals surface area (Å²) in [5.74, 6) is -0.497. The topological polar surface area (TPSA) is 84.3 Å². The molecule has 1 saturated heterocycles. The number of carbonyl (C=O) groups is 1. The minimum atomic E-state index is -0.458. The second-order valence-electron chi connectivity index (χ2n) is 6.94. The number of aryl methyl sites for hydroxylation is 1. The fraction of sp³-hybridized carbons (Fsp3) is 0.381. The highest BCUT2D eigenvalue weighted by Crippen LogP contribution is 2.40. The predicted octanol–water partition coefficient (Wildman–Crippen LogP) is 5.37. The fourth-order valence-electron chi connectivity index (χ4n) is 3.27. The second-order valence-corrected chi connectivity index (χ2v) is 8.11. The summed E-state index contributed by atoms with van der Waals surface area (Å²) in [4.78, 5) is 16.5. The van der Waals surface area contributed by atoms with Crippen molar-refractivity contribution in [3.63, 3.8) is 0 Å². The third kappa shape index (κ3) is 4.68. The standard InChI is InChI=1S/C21H23N3O3S/c1-13-9-11-17(12-10-13)28-21-19(14(2)18(27-21)15(3)23-24-22)26-20(25)16-7-5-4-6-8-16/h4-12,14-15,18-19,21H,1-3H3/t14-,15-,18-,19?,21-/m0/s1. The van der Waals surface area contributed by atoms with Crippen molar-refractivity contribution in [1.29, 1.82) is 0 Å². The van der Waals surface area contributed by atoms with E-state index in [1.54, 1.807) is 24.3 Å². The Morgan fingerprint density at radius 1 is 1.21 bits per heavy atom. The number of azide groups is 1.